The number of hydrogen-bond donors (Lipinski definition) is 2. The van der Waals surface area contributed by atoms with E-state index in [4.69, 9.17) is 9.94 Å². The van der Waals surface area contributed by atoms with Crippen LogP contribution in [-0.2, 0) is 14.4 Å². The van der Waals surface area contributed by atoms with Gasteiger partial charge >= 0.3 is 5.97 Å². The molecule has 2 atom stereocenters. The summed E-state index contributed by atoms with van der Waals surface area (Å²) < 4.78 is 0. The molecule has 0 aromatic heterocycles. The maximum Gasteiger partial charge on any atom is 0.303 e. The van der Waals surface area contributed by atoms with Gasteiger partial charge in [0, 0.05) is 6.42 Å². The van der Waals surface area contributed by atoms with Crippen molar-refractivity contribution in [2.45, 2.75) is 88.8 Å². The van der Waals surface area contributed by atoms with Crippen molar-refractivity contribution in [1.29, 1.82) is 0 Å². The smallest absolute Gasteiger partial charge is 0.303 e. The van der Waals surface area contributed by atoms with Crippen LogP contribution in [0.15, 0.2) is 12.2 Å². The van der Waals surface area contributed by atoms with Crippen LogP contribution in [0.3, 0.4) is 0 Å². The lowest BCUT2D eigenvalue weighted by atomic mass is 10.2. The highest BCUT2D eigenvalue weighted by molar-refractivity contribution is 5.68. The molecule has 0 rings (SSSR count). The zero-order chi connectivity index (χ0) is 14.5. The average Bonchev–Trinajstić information content (AvgIpc) is 2.40. The van der Waals surface area contributed by atoms with E-state index in [1.807, 2.05) is 13.0 Å². The molecule has 5 nitrogen and oxygen atoms in total. The van der Waals surface area contributed by atoms with Crippen LogP contribution < -0.4 is 5.48 Å². The van der Waals surface area contributed by atoms with Crippen LogP contribution in [-0.4, -0.2) is 29.5 Å². The number of aliphatic carboxylic acids is 1. The van der Waals surface area contributed by atoms with Gasteiger partial charge in [0.25, 0.3) is 0 Å². The summed E-state index contributed by atoms with van der Waals surface area (Å²) in [7, 11) is 0. The Hall–Kier alpha value is -1.64. The van der Waals surface area contributed by atoms with Crippen molar-refractivity contribution in [2.75, 3.05) is 0 Å². The molecule has 0 aromatic rings. The molecule has 1 unspecified atom stereocenters. The molecule has 0 heterocycles. The molecule has 0 amide bonds. The molecular weight excluding hydrogens is 306 g/mol. The monoisotopic (exact) mass is 347 g/mol. The topological polar surface area (TPSA) is 75.6 Å². The van der Waals surface area contributed by atoms with Crippen molar-refractivity contribution >= 4 is 12.3 Å². The van der Waals surface area contributed by atoms with Crippen molar-refractivity contribution in [3.8, 4) is 11.8 Å². The fourth-order valence-corrected chi connectivity index (χ4v) is 1.28. The third kappa shape index (κ3) is 22.6. The standard InChI is InChI=1S/C14H21NO4.5CH4/c1-3-5-6-7-8-13(4-2)19-15-12(11-16)9-10-14(17)18;;;;;/h6-7,11-13,15H,4,8-10H2,1-2H3,(H,17,18);5*1H4/t12-,13?;;;;;/m0...../s1. The van der Waals surface area contributed by atoms with Crippen molar-refractivity contribution < 1.29 is 19.5 Å². The minimum Gasteiger partial charge on any atom is -0.481 e. The largest absolute Gasteiger partial charge is 0.481 e. The highest BCUT2D eigenvalue weighted by Crippen LogP contribution is 2.04. The predicted octanol–water partition coefficient (Wildman–Crippen LogP) is 4.87. The molecule has 0 aliphatic rings. The maximum atomic E-state index is 10.7. The molecule has 0 radical (unpaired) electrons. The second-order valence-corrected chi connectivity index (χ2v) is 3.97. The Bertz CT molecular complexity index is 356. The lowest BCUT2D eigenvalue weighted by molar-refractivity contribution is -0.137. The van der Waals surface area contributed by atoms with Crippen LogP contribution in [0, 0.1) is 11.8 Å². The fraction of sp³-hybridized carbons (Fsp3) is 0.684. The van der Waals surface area contributed by atoms with Crippen LogP contribution in [0.25, 0.3) is 0 Å². The first-order chi connectivity index (χ1) is 9.13. The normalized spacial score (nSPS) is 10.8. The van der Waals surface area contributed by atoms with Crippen LogP contribution in [0.1, 0.15) is 76.7 Å². The van der Waals surface area contributed by atoms with Gasteiger partial charge in [0.2, 0.25) is 0 Å². The Balaban J connectivity index is -0.000000162. The number of carbonyl (C=O) groups is 2. The number of hydrogen-bond acceptors (Lipinski definition) is 4. The van der Waals surface area contributed by atoms with Crippen molar-refractivity contribution in [3.63, 3.8) is 0 Å². The predicted molar refractivity (Wildman–Crippen MR) is 106 cm³/mol. The van der Waals surface area contributed by atoms with Crippen LogP contribution in [0.2, 0.25) is 0 Å². The van der Waals surface area contributed by atoms with Gasteiger partial charge in [-0.05, 0) is 32.3 Å². The van der Waals surface area contributed by atoms with Gasteiger partial charge < -0.3 is 9.90 Å². The summed E-state index contributed by atoms with van der Waals surface area (Å²) in [4.78, 5) is 26.5. The van der Waals surface area contributed by atoms with Crippen LogP contribution in [0.4, 0.5) is 0 Å². The van der Waals surface area contributed by atoms with E-state index in [1.54, 1.807) is 13.0 Å². The van der Waals surface area contributed by atoms with E-state index < -0.39 is 12.0 Å². The minimum atomic E-state index is -0.929. The van der Waals surface area contributed by atoms with E-state index in [2.05, 4.69) is 17.3 Å². The van der Waals surface area contributed by atoms with E-state index in [-0.39, 0.29) is 56.1 Å². The molecule has 24 heavy (non-hydrogen) atoms. The van der Waals surface area contributed by atoms with Gasteiger partial charge in [0.05, 0.1) is 12.1 Å². The van der Waals surface area contributed by atoms with Gasteiger partial charge in [-0.15, -0.1) is 5.92 Å². The van der Waals surface area contributed by atoms with Gasteiger partial charge in [0.15, 0.2) is 0 Å². The van der Waals surface area contributed by atoms with E-state index in [0.717, 1.165) is 6.42 Å². The Morgan fingerprint density at radius 2 is 1.83 bits per heavy atom. The van der Waals surface area contributed by atoms with E-state index >= 15 is 0 Å². The lowest BCUT2D eigenvalue weighted by Gasteiger charge is -2.17. The molecule has 0 aromatic carbocycles. The number of carboxylic acid groups (broad SMARTS) is 1. The number of allylic oxidation sites excluding steroid dienone is 1. The molecule has 0 bridgehead atoms. The molecule has 2 N–H and O–H groups in total. The first kappa shape index (κ1) is 38.1. The number of aldehydes is 1. The average molecular weight is 348 g/mol. The third-order valence-electron chi connectivity index (χ3n) is 2.42. The van der Waals surface area contributed by atoms with Gasteiger partial charge in [-0.1, -0.05) is 56.1 Å². The molecule has 146 valence electrons. The molecule has 0 saturated carbocycles. The first-order valence-electron chi connectivity index (χ1n) is 6.29. The highest BCUT2D eigenvalue weighted by Gasteiger charge is 2.12. The molecular formula is C19H41NO4. The van der Waals surface area contributed by atoms with Gasteiger partial charge in [-0.25, -0.2) is 0 Å². The number of carbonyl (C=O) groups excluding carboxylic acids is 1. The third-order valence-corrected chi connectivity index (χ3v) is 2.42. The van der Waals surface area contributed by atoms with E-state index in [0.29, 0.717) is 12.7 Å². The number of nitrogens with one attached hydrogen (secondary N) is 1. The van der Waals surface area contributed by atoms with Crippen molar-refractivity contribution in [1.82, 2.24) is 5.48 Å². The van der Waals surface area contributed by atoms with Crippen LogP contribution in [0.5, 0.6) is 0 Å². The highest BCUT2D eigenvalue weighted by atomic mass is 16.7. The second-order valence-electron chi connectivity index (χ2n) is 3.97. The second kappa shape index (κ2) is 26.3. The lowest BCUT2D eigenvalue weighted by Crippen LogP contribution is -2.34. The van der Waals surface area contributed by atoms with Gasteiger partial charge in [-0.3, -0.25) is 9.63 Å². The van der Waals surface area contributed by atoms with E-state index in [1.165, 1.54) is 0 Å². The minimum absolute atomic E-state index is 0. The molecule has 0 saturated heterocycles. The Labute approximate surface area is 150 Å². The molecule has 5 heteroatoms. The van der Waals surface area contributed by atoms with Gasteiger partial charge in [-0.2, -0.15) is 5.48 Å². The van der Waals surface area contributed by atoms with Crippen LogP contribution >= 0.6 is 0 Å². The molecule has 0 aliphatic carbocycles. The molecule has 0 fully saturated rings. The zero-order valence-corrected chi connectivity index (χ0v) is 11.4. The Morgan fingerprint density at radius 3 is 2.25 bits per heavy atom. The van der Waals surface area contributed by atoms with Crippen molar-refractivity contribution in [3.05, 3.63) is 12.2 Å². The molecule has 0 aliphatic heterocycles. The quantitative estimate of drug-likeness (QED) is 0.335. The fourth-order valence-electron chi connectivity index (χ4n) is 1.28. The number of rotatable bonds is 10. The summed E-state index contributed by atoms with van der Waals surface area (Å²) in [5.74, 6) is 4.63. The van der Waals surface area contributed by atoms with Crippen molar-refractivity contribution in [2.24, 2.45) is 0 Å². The number of hydroxylamine groups is 1. The summed E-state index contributed by atoms with van der Waals surface area (Å²) >= 11 is 0. The summed E-state index contributed by atoms with van der Waals surface area (Å²) in [6.45, 7) is 3.73. The SMILES string of the molecule is C.C.C.C.C.CC#CC=CCC(CC)ON[C@H](C=O)CCC(=O)O. The first-order valence-corrected chi connectivity index (χ1v) is 6.29. The van der Waals surface area contributed by atoms with E-state index in [9.17, 15) is 9.59 Å². The summed E-state index contributed by atoms with van der Waals surface area (Å²) in [6, 6.07) is -0.593. The maximum absolute atomic E-state index is 10.7. The number of carboxylic acids is 1. The Morgan fingerprint density at radius 1 is 1.25 bits per heavy atom. The molecule has 0 spiro atoms. The zero-order valence-electron chi connectivity index (χ0n) is 11.4. The summed E-state index contributed by atoms with van der Waals surface area (Å²) in [5.41, 5.74) is 2.62. The Kier molecular flexibility index (Phi) is 41.7. The van der Waals surface area contributed by atoms with Gasteiger partial charge in [0.1, 0.15) is 6.29 Å². The summed E-state index contributed by atoms with van der Waals surface area (Å²) in [5, 5.41) is 8.54. The summed E-state index contributed by atoms with van der Waals surface area (Å²) in [6.07, 6.45) is 5.86.